The van der Waals surface area contributed by atoms with Gasteiger partial charge in [0.25, 0.3) is 0 Å². The normalized spacial score (nSPS) is 19.2. The summed E-state index contributed by atoms with van der Waals surface area (Å²) in [7, 11) is 0. The molecular weight excluding hydrogens is 226 g/mol. The zero-order valence-corrected chi connectivity index (χ0v) is 12.0. The van der Waals surface area contributed by atoms with Crippen molar-refractivity contribution < 1.29 is 0 Å². The summed E-state index contributed by atoms with van der Waals surface area (Å²) in [4.78, 5) is 1.54. The summed E-state index contributed by atoms with van der Waals surface area (Å²) in [6.07, 6.45) is 8.01. The highest BCUT2D eigenvalue weighted by molar-refractivity contribution is 7.09. The van der Waals surface area contributed by atoms with Crippen molar-refractivity contribution in [3.05, 3.63) is 22.4 Å². The third-order valence-electron chi connectivity index (χ3n) is 3.80. The molecule has 1 saturated carbocycles. The zero-order chi connectivity index (χ0) is 12.1. The molecule has 2 rings (SSSR count). The van der Waals surface area contributed by atoms with Gasteiger partial charge in [-0.2, -0.15) is 0 Å². The van der Waals surface area contributed by atoms with Crippen molar-refractivity contribution in [2.24, 2.45) is 5.41 Å². The lowest BCUT2D eigenvalue weighted by molar-refractivity contribution is 0.255. The van der Waals surface area contributed by atoms with Gasteiger partial charge in [0.1, 0.15) is 0 Å². The lowest BCUT2D eigenvalue weighted by atomic mass is 9.81. The van der Waals surface area contributed by atoms with E-state index in [9.17, 15) is 0 Å². The Morgan fingerprint density at radius 2 is 2.24 bits per heavy atom. The van der Waals surface area contributed by atoms with Crippen molar-refractivity contribution in [3.8, 4) is 0 Å². The van der Waals surface area contributed by atoms with Gasteiger partial charge < -0.3 is 5.32 Å². The molecule has 1 fully saturated rings. The first-order chi connectivity index (χ1) is 8.22. The molecule has 1 heterocycles. The van der Waals surface area contributed by atoms with Crippen molar-refractivity contribution in [2.75, 3.05) is 6.54 Å². The molecule has 0 aromatic carbocycles. The van der Waals surface area contributed by atoms with Gasteiger partial charge in [-0.3, -0.25) is 0 Å². The van der Waals surface area contributed by atoms with Crippen LogP contribution in [0.1, 0.15) is 50.8 Å². The van der Waals surface area contributed by atoms with Gasteiger partial charge in [0.05, 0.1) is 0 Å². The Kier molecular flexibility index (Phi) is 4.63. The largest absolute Gasteiger partial charge is 0.313 e. The molecule has 0 aliphatic heterocycles. The molecule has 1 atom stereocenters. The Morgan fingerprint density at radius 1 is 1.41 bits per heavy atom. The van der Waals surface area contributed by atoms with Crippen LogP contribution in [-0.2, 0) is 6.42 Å². The van der Waals surface area contributed by atoms with Gasteiger partial charge in [0.2, 0.25) is 0 Å². The SMILES string of the molecule is CCCC(C)(CCc1cccs1)CNC1CC1. The minimum absolute atomic E-state index is 0.487. The smallest absolute Gasteiger partial charge is 0.00684 e. The Bertz CT molecular complexity index is 316. The van der Waals surface area contributed by atoms with Crippen molar-refractivity contribution in [2.45, 2.75) is 58.4 Å². The molecule has 96 valence electrons. The molecule has 1 unspecified atom stereocenters. The Labute approximate surface area is 110 Å². The standard InChI is InChI=1S/C15H25NS/c1-3-9-15(2,12-16-13-6-7-13)10-8-14-5-4-11-17-14/h4-5,11,13,16H,3,6-10,12H2,1-2H3. The number of hydrogen-bond acceptors (Lipinski definition) is 2. The maximum absolute atomic E-state index is 3.72. The van der Waals surface area contributed by atoms with E-state index in [1.165, 1.54) is 45.1 Å². The molecule has 1 aromatic heterocycles. The number of rotatable bonds is 8. The van der Waals surface area contributed by atoms with Crippen LogP contribution in [0.5, 0.6) is 0 Å². The van der Waals surface area contributed by atoms with Crippen LogP contribution < -0.4 is 5.32 Å². The van der Waals surface area contributed by atoms with Gasteiger partial charge in [-0.15, -0.1) is 11.3 Å². The first-order valence-corrected chi connectivity index (χ1v) is 7.85. The maximum atomic E-state index is 3.72. The topological polar surface area (TPSA) is 12.0 Å². The summed E-state index contributed by atoms with van der Waals surface area (Å²) in [5, 5.41) is 5.90. The van der Waals surface area contributed by atoms with Crippen LogP contribution in [0.25, 0.3) is 0 Å². The molecule has 0 amide bonds. The van der Waals surface area contributed by atoms with Crippen molar-refractivity contribution in [1.29, 1.82) is 0 Å². The molecule has 1 nitrogen and oxygen atoms in total. The van der Waals surface area contributed by atoms with Crippen LogP contribution in [0, 0.1) is 5.41 Å². The fourth-order valence-electron chi connectivity index (χ4n) is 2.46. The van der Waals surface area contributed by atoms with E-state index in [1.54, 1.807) is 4.88 Å². The summed E-state index contributed by atoms with van der Waals surface area (Å²) >= 11 is 1.90. The highest BCUT2D eigenvalue weighted by Gasteiger charge is 2.27. The third kappa shape index (κ3) is 4.44. The van der Waals surface area contributed by atoms with Crippen LogP contribution in [0.2, 0.25) is 0 Å². The second-order valence-electron chi connectivity index (χ2n) is 5.80. The van der Waals surface area contributed by atoms with Gasteiger partial charge >= 0.3 is 0 Å². The second kappa shape index (κ2) is 6.01. The lowest BCUT2D eigenvalue weighted by Gasteiger charge is -2.29. The van der Waals surface area contributed by atoms with E-state index in [0.29, 0.717) is 5.41 Å². The molecule has 0 spiro atoms. The average Bonchev–Trinajstić information content (AvgIpc) is 3.00. The van der Waals surface area contributed by atoms with Gasteiger partial charge in [-0.1, -0.05) is 26.3 Å². The Hall–Kier alpha value is -0.340. The quantitative estimate of drug-likeness (QED) is 0.728. The Morgan fingerprint density at radius 3 is 2.82 bits per heavy atom. The predicted octanol–water partition coefficient (Wildman–Crippen LogP) is 4.24. The highest BCUT2D eigenvalue weighted by atomic mass is 32.1. The highest BCUT2D eigenvalue weighted by Crippen LogP contribution is 2.31. The molecule has 17 heavy (non-hydrogen) atoms. The molecule has 1 aliphatic rings. The Balaban J connectivity index is 1.80. The summed E-state index contributed by atoms with van der Waals surface area (Å²) in [6, 6.07) is 5.28. The summed E-state index contributed by atoms with van der Waals surface area (Å²) in [6.45, 7) is 5.97. The predicted molar refractivity (Wildman–Crippen MR) is 76.7 cm³/mol. The monoisotopic (exact) mass is 251 g/mol. The number of thiophene rings is 1. The summed E-state index contributed by atoms with van der Waals surface area (Å²) in [5.74, 6) is 0. The van der Waals surface area contributed by atoms with E-state index in [2.05, 4.69) is 36.7 Å². The second-order valence-corrected chi connectivity index (χ2v) is 6.83. The molecular formula is C15H25NS. The first kappa shape index (κ1) is 13.1. The van der Waals surface area contributed by atoms with Crippen LogP contribution >= 0.6 is 11.3 Å². The zero-order valence-electron chi connectivity index (χ0n) is 11.2. The van der Waals surface area contributed by atoms with Crippen LogP contribution in [-0.4, -0.2) is 12.6 Å². The van der Waals surface area contributed by atoms with Crippen LogP contribution in [0.3, 0.4) is 0 Å². The molecule has 0 bridgehead atoms. The summed E-state index contributed by atoms with van der Waals surface area (Å²) in [5.41, 5.74) is 0.487. The molecule has 1 aliphatic carbocycles. The van der Waals surface area contributed by atoms with Crippen molar-refractivity contribution >= 4 is 11.3 Å². The van der Waals surface area contributed by atoms with E-state index in [0.717, 1.165) is 6.04 Å². The van der Waals surface area contributed by atoms with Crippen LogP contribution in [0.4, 0.5) is 0 Å². The minimum atomic E-state index is 0.487. The van der Waals surface area contributed by atoms with E-state index < -0.39 is 0 Å². The number of nitrogens with one attached hydrogen (secondary N) is 1. The number of aryl methyl sites for hydroxylation is 1. The van der Waals surface area contributed by atoms with E-state index >= 15 is 0 Å². The van der Waals surface area contributed by atoms with E-state index in [-0.39, 0.29) is 0 Å². The molecule has 2 heteroatoms. The number of hydrogen-bond donors (Lipinski definition) is 1. The molecule has 0 radical (unpaired) electrons. The van der Waals surface area contributed by atoms with Gasteiger partial charge in [0, 0.05) is 17.5 Å². The first-order valence-electron chi connectivity index (χ1n) is 6.98. The van der Waals surface area contributed by atoms with Gasteiger partial charge in [0.15, 0.2) is 0 Å². The molecule has 0 saturated heterocycles. The maximum Gasteiger partial charge on any atom is 0.00684 e. The van der Waals surface area contributed by atoms with E-state index in [4.69, 9.17) is 0 Å². The summed E-state index contributed by atoms with van der Waals surface area (Å²) < 4.78 is 0. The fraction of sp³-hybridized carbons (Fsp3) is 0.733. The van der Waals surface area contributed by atoms with Crippen LogP contribution in [0.15, 0.2) is 17.5 Å². The van der Waals surface area contributed by atoms with Crippen molar-refractivity contribution in [1.82, 2.24) is 5.32 Å². The average molecular weight is 251 g/mol. The lowest BCUT2D eigenvalue weighted by Crippen LogP contribution is -2.33. The van der Waals surface area contributed by atoms with Crippen molar-refractivity contribution in [3.63, 3.8) is 0 Å². The fourth-order valence-corrected chi connectivity index (χ4v) is 3.17. The van der Waals surface area contributed by atoms with Gasteiger partial charge in [-0.05, 0) is 49.0 Å². The van der Waals surface area contributed by atoms with E-state index in [1.807, 2.05) is 11.3 Å². The third-order valence-corrected chi connectivity index (χ3v) is 4.74. The van der Waals surface area contributed by atoms with Gasteiger partial charge in [-0.25, -0.2) is 0 Å². The minimum Gasteiger partial charge on any atom is -0.313 e. The molecule has 1 N–H and O–H groups in total. The molecule has 1 aromatic rings.